The molecule has 88 valence electrons. The molecule has 0 aliphatic carbocycles. The average molecular weight is 293 g/mol. The summed E-state index contributed by atoms with van der Waals surface area (Å²) in [5, 5.41) is 0. The largest absolute Gasteiger partial charge is 0.497 e. The highest BCUT2D eigenvalue weighted by Gasteiger charge is 2.00. The normalized spacial score (nSPS) is 9.76. The third-order valence-corrected chi connectivity index (χ3v) is 2.95. The molecule has 0 aromatic heterocycles. The van der Waals surface area contributed by atoms with E-state index in [0.29, 0.717) is 0 Å². The molecule has 17 heavy (non-hydrogen) atoms. The summed E-state index contributed by atoms with van der Waals surface area (Å²) in [6.07, 6.45) is 0. The van der Waals surface area contributed by atoms with E-state index in [1.54, 1.807) is 7.11 Å². The van der Waals surface area contributed by atoms with Gasteiger partial charge in [0.2, 0.25) is 0 Å². The van der Waals surface area contributed by atoms with Crippen molar-refractivity contribution in [2.24, 2.45) is 0 Å². The predicted octanol–water partition coefficient (Wildman–Crippen LogP) is 3.90. The highest BCUT2D eigenvalue weighted by molar-refractivity contribution is 9.10. The molecule has 2 rings (SSSR count). The first-order chi connectivity index (χ1) is 8.29. The second-order valence-electron chi connectivity index (χ2n) is 3.46. The number of benzene rings is 2. The Morgan fingerprint density at radius 1 is 1.00 bits per heavy atom. The zero-order valence-electron chi connectivity index (χ0n) is 9.41. The van der Waals surface area contributed by atoms with Gasteiger partial charge in [-0.05, 0) is 46.3 Å². The van der Waals surface area contributed by atoms with Crippen molar-refractivity contribution < 1.29 is 4.74 Å². The molecule has 2 aromatic rings. The molecule has 0 saturated carbocycles. The quantitative estimate of drug-likeness (QED) is 0.839. The van der Waals surface area contributed by atoms with Gasteiger partial charge in [0, 0.05) is 4.47 Å². The first-order valence-electron chi connectivity index (χ1n) is 5.20. The summed E-state index contributed by atoms with van der Waals surface area (Å²) in [5.41, 5.74) is 8.21. The lowest BCUT2D eigenvalue weighted by Crippen LogP contribution is -2.08. The van der Waals surface area contributed by atoms with Crippen LogP contribution in [0.5, 0.6) is 5.75 Å². The Balaban J connectivity index is 2.04. The summed E-state index contributed by atoms with van der Waals surface area (Å²) < 4.78 is 6.08. The Kier molecular flexibility index (Phi) is 3.88. The predicted molar refractivity (Wildman–Crippen MR) is 74.4 cm³/mol. The van der Waals surface area contributed by atoms with Crippen molar-refractivity contribution in [1.82, 2.24) is 0 Å². The van der Waals surface area contributed by atoms with Crippen LogP contribution >= 0.6 is 15.9 Å². The van der Waals surface area contributed by atoms with Gasteiger partial charge in [-0.15, -0.1) is 0 Å². The van der Waals surface area contributed by atoms with E-state index < -0.39 is 0 Å². The minimum absolute atomic E-state index is 0.821. The molecule has 0 amide bonds. The first-order valence-corrected chi connectivity index (χ1v) is 5.99. The molecule has 0 spiro atoms. The van der Waals surface area contributed by atoms with E-state index in [9.17, 15) is 0 Å². The Morgan fingerprint density at radius 3 is 2.41 bits per heavy atom. The Morgan fingerprint density at radius 2 is 1.76 bits per heavy atom. The van der Waals surface area contributed by atoms with E-state index in [-0.39, 0.29) is 0 Å². The van der Waals surface area contributed by atoms with E-state index >= 15 is 0 Å². The number of methoxy groups -OCH3 is 1. The fourth-order valence-electron chi connectivity index (χ4n) is 1.39. The molecule has 0 bridgehead atoms. The zero-order valence-corrected chi connectivity index (χ0v) is 11.0. The minimum atomic E-state index is 0.821. The fraction of sp³-hybridized carbons (Fsp3) is 0.0769. The maximum absolute atomic E-state index is 5.13. The molecular weight excluding hydrogens is 280 g/mol. The number of anilines is 2. The third-order valence-electron chi connectivity index (χ3n) is 2.29. The molecule has 0 heterocycles. The second-order valence-corrected chi connectivity index (χ2v) is 4.32. The fourth-order valence-corrected chi connectivity index (χ4v) is 1.84. The van der Waals surface area contributed by atoms with Crippen molar-refractivity contribution in [2.45, 2.75) is 0 Å². The van der Waals surface area contributed by atoms with Crippen molar-refractivity contribution in [2.75, 3.05) is 18.0 Å². The minimum Gasteiger partial charge on any atom is -0.497 e. The molecule has 0 fully saturated rings. The number of nitrogens with one attached hydrogen (secondary N) is 2. The smallest absolute Gasteiger partial charge is 0.120 e. The molecule has 2 N–H and O–H groups in total. The number of rotatable bonds is 4. The number of ether oxygens (including phenoxy) is 1. The van der Waals surface area contributed by atoms with E-state index in [0.717, 1.165) is 21.6 Å². The van der Waals surface area contributed by atoms with Crippen molar-refractivity contribution in [3.8, 4) is 5.75 Å². The van der Waals surface area contributed by atoms with E-state index in [2.05, 4.69) is 26.8 Å². The van der Waals surface area contributed by atoms with Crippen LogP contribution in [-0.2, 0) is 0 Å². The van der Waals surface area contributed by atoms with Gasteiger partial charge in [-0.25, -0.2) is 0 Å². The lowest BCUT2D eigenvalue weighted by Gasteiger charge is -2.12. The highest BCUT2D eigenvalue weighted by Crippen LogP contribution is 2.27. The summed E-state index contributed by atoms with van der Waals surface area (Å²) in [7, 11) is 1.65. The molecule has 0 unspecified atom stereocenters. The van der Waals surface area contributed by atoms with Gasteiger partial charge >= 0.3 is 0 Å². The van der Waals surface area contributed by atoms with Crippen LogP contribution in [0.15, 0.2) is 53.0 Å². The van der Waals surface area contributed by atoms with Crippen molar-refractivity contribution >= 4 is 27.3 Å². The number of para-hydroxylation sites is 1. The van der Waals surface area contributed by atoms with Crippen molar-refractivity contribution in [3.05, 3.63) is 53.0 Å². The monoisotopic (exact) mass is 292 g/mol. The Labute approximate surface area is 109 Å². The second kappa shape index (κ2) is 5.59. The molecule has 2 aromatic carbocycles. The van der Waals surface area contributed by atoms with Gasteiger partial charge in [-0.3, -0.25) is 5.43 Å². The summed E-state index contributed by atoms with van der Waals surface area (Å²) >= 11 is 3.48. The van der Waals surface area contributed by atoms with Gasteiger partial charge in [0.05, 0.1) is 18.5 Å². The molecule has 3 nitrogen and oxygen atoms in total. The van der Waals surface area contributed by atoms with E-state index in [4.69, 9.17) is 4.74 Å². The van der Waals surface area contributed by atoms with Crippen LogP contribution in [0.1, 0.15) is 0 Å². The lowest BCUT2D eigenvalue weighted by atomic mass is 10.3. The molecule has 0 radical (unpaired) electrons. The Bertz CT molecular complexity index is 488. The van der Waals surface area contributed by atoms with Crippen LogP contribution in [0, 0.1) is 0 Å². The van der Waals surface area contributed by atoms with Crippen LogP contribution in [0.4, 0.5) is 11.4 Å². The molecule has 0 aliphatic heterocycles. The zero-order chi connectivity index (χ0) is 12.1. The summed E-state index contributed by atoms with van der Waals surface area (Å²) in [6, 6.07) is 15.7. The SMILES string of the molecule is COc1ccc(NNc2ccccc2)c(Br)c1. The maximum atomic E-state index is 5.13. The van der Waals surface area contributed by atoms with Crippen molar-refractivity contribution in [1.29, 1.82) is 0 Å². The molecule has 0 atom stereocenters. The van der Waals surface area contributed by atoms with Gasteiger partial charge in [0.25, 0.3) is 0 Å². The van der Waals surface area contributed by atoms with Gasteiger partial charge in [-0.1, -0.05) is 18.2 Å². The van der Waals surface area contributed by atoms with Crippen LogP contribution in [0.25, 0.3) is 0 Å². The number of hydrazine groups is 1. The van der Waals surface area contributed by atoms with Crippen molar-refractivity contribution in [3.63, 3.8) is 0 Å². The molecule has 0 saturated heterocycles. The Hall–Kier alpha value is -1.68. The van der Waals surface area contributed by atoms with Crippen LogP contribution in [0.2, 0.25) is 0 Å². The van der Waals surface area contributed by atoms with Crippen LogP contribution < -0.4 is 15.6 Å². The van der Waals surface area contributed by atoms with Crippen LogP contribution in [-0.4, -0.2) is 7.11 Å². The summed E-state index contributed by atoms with van der Waals surface area (Å²) in [4.78, 5) is 0. The third kappa shape index (κ3) is 3.14. The average Bonchev–Trinajstić information content (AvgIpc) is 2.38. The van der Waals surface area contributed by atoms with Gasteiger partial charge in [0.1, 0.15) is 5.75 Å². The maximum Gasteiger partial charge on any atom is 0.120 e. The standard InChI is InChI=1S/C13H13BrN2O/c1-17-11-7-8-13(12(14)9-11)16-15-10-5-3-2-4-6-10/h2-9,15-16H,1H3. The molecular formula is C13H13BrN2O. The summed E-state index contributed by atoms with van der Waals surface area (Å²) in [6.45, 7) is 0. The molecule has 4 heteroatoms. The van der Waals surface area contributed by atoms with Crippen LogP contribution in [0.3, 0.4) is 0 Å². The number of hydrogen-bond acceptors (Lipinski definition) is 3. The van der Waals surface area contributed by atoms with E-state index in [1.165, 1.54) is 0 Å². The number of halogens is 1. The van der Waals surface area contributed by atoms with E-state index in [1.807, 2.05) is 48.5 Å². The van der Waals surface area contributed by atoms with Gasteiger partial charge < -0.3 is 10.2 Å². The summed E-state index contributed by atoms with van der Waals surface area (Å²) in [5.74, 6) is 0.821. The molecule has 0 aliphatic rings. The van der Waals surface area contributed by atoms with Gasteiger partial charge in [0.15, 0.2) is 0 Å². The topological polar surface area (TPSA) is 33.3 Å². The highest BCUT2D eigenvalue weighted by atomic mass is 79.9. The lowest BCUT2D eigenvalue weighted by molar-refractivity contribution is 0.414. The van der Waals surface area contributed by atoms with Gasteiger partial charge in [-0.2, -0.15) is 0 Å². The first kappa shape index (κ1) is 11.8. The number of hydrogen-bond donors (Lipinski definition) is 2.